The molecular weight excluding hydrogens is 1760 g/mol. The normalized spacial score (nSPS) is 11.4. The van der Waals surface area contributed by atoms with E-state index in [1.54, 1.807) is 6.07 Å². The summed E-state index contributed by atoms with van der Waals surface area (Å²) >= 11 is 0. The highest BCUT2D eigenvalue weighted by Gasteiger charge is 2.21. The third-order valence-electron chi connectivity index (χ3n) is 27.5. The first kappa shape index (κ1) is 86.5. The van der Waals surface area contributed by atoms with Crippen molar-refractivity contribution in [2.45, 2.75) is 0 Å². The zero-order chi connectivity index (χ0) is 95.9. The fourth-order valence-electron chi connectivity index (χ4n) is 19.9. The fourth-order valence-corrected chi connectivity index (χ4v) is 19.9. The third-order valence-corrected chi connectivity index (χ3v) is 27.5. The number of halogens is 1. The van der Waals surface area contributed by atoms with Crippen molar-refractivity contribution in [2.75, 3.05) is 0 Å². The van der Waals surface area contributed by atoms with Crippen LogP contribution in [0.4, 0.5) is 4.39 Å². The Kier molecular flexibility index (Phi) is 22.6. The van der Waals surface area contributed by atoms with E-state index in [4.69, 9.17) is 33.2 Å². The summed E-state index contributed by atoms with van der Waals surface area (Å²) in [4.78, 5) is 20.3. The zero-order valence-electron chi connectivity index (χ0n) is 78.4. The number of aryl methyl sites for hydroxylation is 1. The van der Waals surface area contributed by atoms with Crippen LogP contribution in [0, 0.1) is 5.82 Å². The van der Waals surface area contributed by atoms with Crippen LogP contribution in [0.2, 0.25) is 0 Å². The molecular formula is C135H88FN5O3. The van der Waals surface area contributed by atoms with E-state index in [0.29, 0.717) is 5.58 Å². The van der Waals surface area contributed by atoms with E-state index in [2.05, 4.69) is 448 Å². The second-order valence-electron chi connectivity index (χ2n) is 36.5. The molecule has 27 rings (SSSR count). The van der Waals surface area contributed by atoms with Crippen LogP contribution >= 0.6 is 0 Å². The Bertz CT molecular complexity index is 9390. The lowest BCUT2D eigenvalue weighted by Crippen LogP contribution is -1.92. The maximum absolute atomic E-state index is 13.8. The molecule has 0 spiro atoms. The molecule has 0 radical (unpaired) electrons. The number of para-hydroxylation sites is 2. The van der Waals surface area contributed by atoms with Crippen LogP contribution in [0.15, 0.2) is 529 Å². The van der Waals surface area contributed by atoms with Crippen molar-refractivity contribution in [1.82, 2.24) is 24.5 Å². The standard InChI is InChI=1S/C51H32FNO.C49H33N3O.C35H23NO/c52-43-26-27-46-47-29-41(25-28-50(47)54-51(46)32-43)35-17-13-33(14-18-35)34-15-19-36(20-16-34)42-30-48(39-8-2-1-3-9-39)53-49(31-42)40-23-21-38(22-24-40)45-12-6-10-37-7-4-5-11-44(37)45;1-52-46-31-39(24-26-43(46)51-49(52)37-12-6-3-7-13-37)33-20-22-36(23-21-33)45-30-40(29-44(50-45)35-10-4-2-5-11-35)34-18-16-32(17-19-34)38-25-27-48-42(28-38)41-14-8-9-15-47(41)53-48;1-3-9-26(10-4-1)32-22-29(23-33(36-32)27-11-5-2-6-12-27)25-17-15-24(16-18-25)28-19-20-35-31(21-28)30-13-7-8-14-34(30)37-35/h1-32H;2-31H,1H3;1-23H. The van der Waals surface area contributed by atoms with Crippen LogP contribution in [0.25, 0.3) is 267 Å². The van der Waals surface area contributed by atoms with Gasteiger partial charge in [0.05, 0.1) is 45.2 Å². The molecule has 0 atom stereocenters. The van der Waals surface area contributed by atoms with Gasteiger partial charge in [-0.05, 0) is 220 Å². The highest BCUT2D eigenvalue weighted by atomic mass is 19.1. The van der Waals surface area contributed by atoms with Gasteiger partial charge in [0.1, 0.15) is 45.1 Å². The minimum Gasteiger partial charge on any atom is -0.456 e. The minimum atomic E-state index is -0.299. The molecule has 0 amide bonds. The molecule has 7 aromatic heterocycles. The van der Waals surface area contributed by atoms with Gasteiger partial charge in [0.15, 0.2) is 0 Å². The maximum atomic E-state index is 13.8. The number of fused-ring (bicyclic) bond motifs is 11. The molecule has 0 fully saturated rings. The van der Waals surface area contributed by atoms with E-state index in [9.17, 15) is 4.39 Å². The molecule has 0 aliphatic heterocycles. The van der Waals surface area contributed by atoms with Crippen LogP contribution in [0.5, 0.6) is 0 Å². The number of rotatable bonds is 16. The van der Waals surface area contributed by atoms with Crippen molar-refractivity contribution in [3.63, 3.8) is 0 Å². The summed E-state index contributed by atoms with van der Waals surface area (Å²) in [6.45, 7) is 0. The summed E-state index contributed by atoms with van der Waals surface area (Å²) in [5.74, 6) is 0.666. The average molecular weight is 1850 g/mol. The summed E-state index contributed by atoms with van der Waals surface area (Å²) in [5.41, 5.74) is 41.1. The minimum absolute atomic E-state index is 0.299. The molecule has 0 N–H and O–H groups in total. The smallest absolute Gasteiger partial charge is 0.140 e. The van der Waals surface area contributed by atoms with Crippen molar-refractivity contribution < 1.29 is 17.6 Å². The van der Waals surface area contributed by atoms with Gasteiger partial charge in [-0.3, -0.25) is 0 Å². The summed E-state index contributed by atoms with van der Waals surface area (Å²) in [7, 11) is 2.09. The SMILES string of the molecule is Cn1c(-c2ccccc2)nc2ccc(-c3ccc(-c4cc(-c5ccc(-c6ccc7oc8ccccc8c7c6)cc5)cc(-c5ccccc5)n4)cc3)cc21.Fc1ccc2c(c1)oc1ccc(-c3ccc(-c4ccc(-c5cc(-c6ccccc6)nc(-c6ccc(-c7cccc8ccccc78)cc6)c5)cc4)cc3)cc12.c1ccc(-c2cc(-c3ccc(-c4ccc5oc6ccccc6c5c4)cc3)cc(-c3ccccc3)n2)cc1. The van der Waals surface area contributed by atoms with Gasteiger partial charge in [-0.25, -0.2) is 24.3 Å². The van der Waals surface area contributed by atoms with Gasteiger partial charge in [0, 0.05) is 84.4 Å². The number of benzene rings is 20. The first-order chi connectivity index (χ1) is 71.1. The molecule has 0 bridgehead atoms. The van der Waals surface area contributed by atoms with Crippen LogP contribution in [-0.2, 0) is 7.05 Å². The molecule has 7 heterocycles. The van der Waals surface area contributed by atoms with Gasteiger partial charge < -0.3 is 17.8 Å². The van der Waals surface area contributed by atoms with Crippen molar-refractivity contribution in [3.05, 3.63) is 521 Å². The summed E-state index contributed by atoms with van der Waals surface area (Å²) in [6, 6.07) is 179. The van der Waals surface area contributed by atoms with Crippen LogP contribution < -0.4 is 0 Å². The third kappa shape index (κ3) is 17.3. The molecule has 0 aliphatic rings. The Morgan fingerprint density at radius 2 is 0.444 bits per heavy atom. The topological polar surface area (TPSA) is 95.9 Å². The number of aromatic nitrogens is 5. The average Bonchev–Trinajstić information content (AvgIpc) is 1.60. The zero-order valence-corrected chi connectivity index (χ0v) is 78.4. The van der Waals surface area contributed by atoms with Gasteiger partial charge in [-0.1, -0.05) is 400 Å². The molecule has 0 unspecified atom stereocenters. The first-order valence-corrected chi connectivity index (χ1v) is 48.5. The Labute approximate surface area is 831 Å². The second kappa shape index (κ2) is 37.7. The maximum Gasteiger partial charge on any atom is 0.140 e. The molecule has 0 saturated heterocycles. The van der Waals surface area contributed by atoms with E-state index in [1.807, 2.05) is 60.7 Å². The number of furan rings is 3. The molecule has 678 valence electrons. The van der Waals surface area contributed by atoms with Crippen molar-refractivity contribution in [3.8, 4) is 179 Å². The van der Waals surface area contributed by atoms with Gasteiger partial charge >= 0.3 is 0 Å². The predicted molar refractivity (Wildman–Crippen MR) is 593 cm³/mol. The Morgan fingerprint density at radius 3 is 0.833 bits per heavy atom. The van der Waals surface area contributed by atoms with Crippen LogP contribution in [-0.4, -0.2) is 24.5 Å². The summed E-state index contributed by atoms with van der Waals surface area (Å²) in [5, 5.41) is 8.95. The van der Waals surface area contributed by atoms with E-state index in [0.717, 1.165) is 228 Å². The van der Waals surface area contributed by atoms with Crippen molar-refractivity contribution in [2.24, 2.45) is 7.05 Å². The molecule has 144 heavy (non-hydrogen) atoms. The molecule has 8 nitrogen and oxygen atoms in total. The molecule has 20 aromatic carbocycles. The number of pyridine rings is 3. The Morgan fingerprint density at radius 1 is 0.174 bits per heavy atom. The van der Waals surface area contributed by atoms with Gasteiger partial charge in [0.25, 0.3) is 0 Å². The Hall–Kier alpha value is -19.1. The molecule has 0 saturated carbocycles. The number of imidazole rings is 1. The number of nitrogens with zero attached hydrogens (tertiary/aromatic N) is 5. The van der Waals surface area contributed by atoms with Crippen molar-refractivity contribution >= 4 is 87.6 Å². The lowest BCUT2D eigenvalue weighted by molar-refractivity contribution is 0.618. The number of hydrogen-bond acceptors (Lipinski definition) is 7. The Balaban J connectivity index is 0.000000115. The van der Waals surface area contributed by atoms with Crippen LogP contribution in [0.1, 0.15) is 0 Å². The van der Waals surface area contributed by atoms with E-state index < -0.39 is 0 Å². The largest absolute Gasteiger partial charge is 0.456 e. The molecule has 27 aromatic rings. The highest BCUT2D eigenvalue weighted by Crippen LogP contribution is 2.43. The van der Waals surface area contributed by atoms with Crippen molar-refractivity contribution in [1.29, 1.82) is 0 Å². The second-order valence-corrected chi connectivity index (χ2v) is 36.5. The monoisotopic (exact) mass is 1850 g/mol. The highest BCUT2D eigenvalue weighted by molar-refractivity contribution is 6.09. The first-order valence-electron chi connectivity index (χ1n) is 48.5. The lowest BCUT2D eigenvalue weighted by Gasteiger charge is -2.12. The van der Waals surface area contributed by atoms with Crippen LogP contribution in [0.3, 0.4) is 0 Å². The van der Waals surface area contributed by atoms with E-state index >= 15 is 0 Å². The molecule has 9 heteroatoms. The summed E-state index contributed by atoms with van der Waals surface area (Å²) < 4.78 is 33.9. The lowest BCUT2D eigenvalue weighted by atomic mass is 9.95. The van der Waals surface area contributed by atoms with Gasteiger partial charge in [0.2, 0.25) is 0 Å². The fraction of sp³-hybridized carbons (Fsp3) is 0.00741. The quantitative estimate of drug-likeness (QED) is 0.0951. The summed E-state index contributed by atoms with van der Waals surface area (Å²) in [6.07, 6.45) is 0. The van der Waals surface area contributed by atoms with Gasteiger partial charge in [-0.15, -0.1) is 0 Å². The van der Waals surface area contributed by atoms with E-state index in [1.165, 1.54) is 45.2 Å². The van der Waals surface area contributed by atoms with E-state index in [-0.39, 0.29) is 5.82 Å². The van der Waals surface area contributed by atoms with Gasteiger partial charge in [-0.2, -0.15) is 0 Å². The molecule has 0 aliphatic carbocycles. The number of hydrogen-bond donors (Lipinski definition) is 0. The predicted octanol–water partition coefficient (Wildman–Crippen LogP) is 36.8.